The van der Waals surface area contributed by atoms with Gasteiger partial charge < -0.3 is 5.32 Å². The number of piperidine rings is 1. The molecule has 2 nitrogen and oxygen atoms in total. The lowest BCUT2D eigenvalue weighted by Gasteiger charge is -2.32. The first-order valence-corrected chi connectivity index (χ1v) is 5.84. The summed E-state index contributed by atoms with van der Waals surface area (Å²) in [5.74, 6) is 0. The van der Waals surface area contributed by atoms with Crippen LogP contribution in [0.25, 0.3) is 0 Å². The van der Waals surface area contributed by atoms with Crippen LogP contribution in [0.3, 0.4) is 0 Å². The highest BCUT2D eigenvalue weighted by molar-refractivity contribution is 4.83. The van der Waals surface area contributed by atoms with Gasteiger partial charge in [-0.1, -0.05) is 12.5 Å². The molecule has 1 N–H and O–H groups in total. The molecule has 0 amide bonds. The smallest absolute Gasteiger partial charge is 0.0219 e. The predicted octanol–water partition coefficient (Wildman–Crippen LogP) is 2.02. The minimum Gasteiger partial charge on any atom is -0.309 e. The molecule has 0 bridgehead atoms. The van der Waals surface area contributed by atoms with Gasteiger partial charge in [-0.05, 0) is 39.8 Å². The molecule has 2 unspecified atom stereocenters. The van der Waals surface area contributed by atoms with Crippen LogP contribution in [-0.2, 0) is 0 Å². The Morgan fingerprint density at radius 2 is 1.93 bits per heavy atom. The summed E-state index contributed by atoms with van der Waals surface area (Å²) < 4.78 is 0. The van der Waals surface area contributed by atoms with Crippen molar-refractivity contribution in [2.75, 3.05) is 19.6 Å². The molecular formula is C12H24N2. The number of hydrogen-bond acceptors (Lipinski definition) is 2. The first-order valence-electron chi connectivity index (χ1n) is 5.84. The second-order valence-corrected chi connectivity index (χ2v) is 4.38. The van der Waals surface area contributed by atoms with Gasteiger partial charge in [-0.15, -0.1) is 6.58 Å². The van der Waals surface area contributed by atoms with Crippen molar-refractivity contribution >= 4 is 0 Å². The molecular weight excluding hydrogens is 172 g/mol. The average molecular weight is 196 g/mol. The second-order valence-electron chi connectivity index (χ2n) is 4.38. The van der Waals surface area contributed by atoms with Crippen molar-refractivity contribution in [1.29, 1.82) is 0 Å². The Labute approximate surface area is 88.4 Å². The van der Waals surface area contributed by atoms with Crippen molar-refractivity contribution in [3.05, 3.63) is 12.7 Å². The van der Waals surface area contributed by atoms with Crippen LogP contribution in [-0.4, -0.2) is 36.6 Å². The molecule has 1 saturated heterocycles. The van der Waals surface area contributed by atoms with Gasteiger partial charge in [0.1, 0.15) is 0 Å². The van der Waals surface area contributed by atoms with Crippen molar-refractivity contribution in [1.82, 2.24) is 10.2 Å². The third kappa shape index (κ3) is 3.81. The summed E-state index contributed by atoms with van der Waals surface area (Å²) in [6, 6.07) is 1.10. The lowest BCUT2D eigenvalue weighted by atomic mass is 10.1. The maximum Gasteiger partial charge on any atom is 0.0219 e. The molecule has 0 aliphatic carbocycles. The van der Waals surface area contributed by atoms with Crippen molar-refractivity contribution in [3.63, 3.8) is 0 Å². The van der Waals surface area contributed by atoms with Gasteiger partial charge in [0.2, 0.25) is 0 Å². The fraction of sp³-hybridized carbons (Fsp3) is 0.833. The molecule has 14 heavy (non-hydrogen) atoms. The molecule has 82 valence electrons. The maximum absolute atomic E-state index is 3.77. The topological polar surface area (TPSA) is 15.3 Å². The van der Waals surface area contributed by atoms with Crippen molar-refractivity contribution in [2.24, 2.45) is 0 Å². The largest absolute Gasteiger partial charge is 0.309 e. The Bertz CT molecular complexity index is 162. The van der Waals surface area contributed by atoms with E-state index in [2.05, 4.69) is 30.6 Å². The van der Waals surface area contributed by atoms with E-state index in [1.165, 1.54) is 32.4 Å². The van der Waals surface area contributed by atoms with E-state index in [-0.39, 0.29) is 0 Å². The van der Waals surface area contributed by atoms with Crippen LogP contribution in [0.15, 0.2) is 12.7 Å². The predicted molar refractivity (Wildman–Crippen MR) is 62.5 cm³/mol. The van der Waals surface area contributed by atoms with Gasteiger partial charge in [0.05, 0.1) is 0 Å². The molecule has 2 atom stereocenters. The quantitative estimate of drug-likeness (QED) is 0.677. The molecule has 0 radical (unpaired) electrons. The Hall–Kier alpha value is -0.340. The Kier molecular flexibility index (Phi) is 5.20. The van der Waals surface area contributed by atoms with E-state index in [0.717, 1.165) is 6.54 Å². The van der Waals surface area contributed by atoms with Gasteiger partial charge in [0.25, 0.3) is 0 Å². The van der Waals surface area contributed by atoms with E-state index in [1.807, 2.05) is 6.08 Å². The van der Waals surface area contributed by atoms with Crippen LogP contribution in [0.4, 0.5) is 0 Å². The third-order valence-electron chi connectivity index (χ3n) is 3.10. The van der Waals surface area contributed by atoms with Gasteiger partial charge in [-0.2, -0.15) is 0 Å². The van der Waals surface area contributed by atoms with Crippen LogP contribution in [0, 0.1) is 0 Å². The number of hydrogen-bond donors (Lipinski definition) is 1. The lowest BCUT2D eigenvalue weighted by Crippen LogP contribution is -2.44. The highest BCUT2D eigenvalue weighted by Gasteiger charge is 2.16. The zero-order valence-electron chi connectivity index (χ0n) is 9.63. The van der Waals surface area contributed by atoms with Gasteiger partial charge in [0, 0.05) is 18.6 Å². The van der Waals surface area contributed by atoms with Crippen LogP contribution >= 0.6 is 0 Å². The highest BCUT2D eigenvalue weighted by atomic mass is 15.2. The summed E-state index contributed by atoms with van der Waals surface area (Å²) in [5.41, 5.74) is 0. The average Bonchev–Trinajstić information content (AvgIpc) is 2.26. The number of likely N-dealkylation sites (tertiary alicyclic amines) is 1. The molecule has 1 aliphatic rings. The SMILES string of the molecule is C=CC(C)NCC(C)N1CCCCC1. The molecule has 0 saturated carbocycles. The summed E-state index contributed by atoms with van der Waals surface area (Å²) in [7, 11) is 0. The van der Waals surface area contributed by atoms with Crippen molar-refractivity contribution < 1.29 is 0 Å². The summed E-state index contributed by atoms with van der Waals surface area (Å²) in [4.78, 5) is 2.59. The zero-order valence-corrected chi connectivity index (χ0v) is 9.63. The van der Waals surface area contributed by atoms with E-state index in [0.29, 0.717) is 12.1 Å². The van der Waals surface area contributed by atoms with Crippen LogP contribution in [0.1, 0.15) is 33.1 Å². The summed E-state index contributed by atoms with van der Waals surface area (Å²) in [5, 5.41) is 3.47. The van der Waals surface area contributed by atoms with E-state index >= 15 is 0 Å². The Balaban J connectivity index is 2.19. The minimum absolute atomic E-state index is 0.433. The second kappa shape index (κ2) is 6.20. The van der Waals surface area contributed by atoms with E-state index < -0.39 is 0 Å². The van der Waals surface area contributed by atoms with Gasteiger partial charge in [0.15, 0.2) is 0 Å². The molecule has 0 aromatic carbocycles. The monoisotopic (exact) mass is 196 g/mol. The zero-order chi connectivity index (χ0) is 10.4. The van der Waals surface area contributed by atoms with Gasteiger partial charge >= 0.3 is 0 Å². The van der Waals surface area contributed by atoms with E-state index in [1.54, 1.807) is 0 Å². The van der Waals surface area contributed by atoms with Crippen molar-refractivity contribution in [2.45, 2.75) is 45.2 Å². The number of rotatable bonds is 5. The van der Waals surface area contributed by atoms with Gasteiger partial charge in [-0.25, -0.2) is 0 Å². The maximum atomic E-state index is 3.77. The standard InChI is InChI=1S/C12H24N2/c1-4-11(2)13-10-12(3)14-8-6-5-7-9-14/h4,11-13H,1,5-10H2,2-3H3. The Morgan fingerprint density at radius 1 is 1.29 bits per heavy atom. The Morgan fingerprint density at radius 3 is 2.50 bits per heavy atom. The molecule has 1 heterocycles. The fourth-order valence-electron chi connectivity index (χ4n) is 1.93. The molecule has 0 aromatic rings. The summed E-state index contributed by atoms with van der Waals surface area (Å²) in [6.07, 6.45) is 6.13. The first-order chi connectivity index (χ1) is 6.74. The van der Waals surface area contributed by atoms with Gasteiger partial charge in [-0.3, -0.25) is 4.90 Å². The minimum atomic E-state index is 0.433. The molecule has 0 spiro atoms. The number of nitrogens with one attached hydrogen (secondary N) is 1. The fourth-order valence-corrected chi connectivity index (χ4v) is 1.93. The summed E-state index contributed by atoms with van der Waals surface area (Å²) in [6.45, 7) is 11.9. The summed E-state index contributed by atoms with van der Waals surface area (Å²) >= 11 is 0. The van der Waals surface area contributed by atoms with Crippen molar-refractivity contribution in [3.8, 4) is 0 Å². The van der Waals surface area contributed by atoms with E-state index in [4.69, 9.17) is 0 Å². The molecule has 0 aromatic heterocycles. The number of nitrogens with zero attached hydrogens (tertiary/aromatic N) is 1. The lowest BCUT2D eigenvalue weighted by molar-refractivity contribution is 0.170. The highest BCUT2D eigenvalue weighted by Crippen LogP contribution is 2.11. The molecule has 1 fully saturated rings. The molecule has 1 aliphatic heterocycles. The van der Waals surface area contributed by atoms with Crippen LogP contribution in [0.2, 0.25) is 0 Å². The molecule has 2 heteroatoms. The van der Waals surface area contributed by atoms with E-state index in [9.17, 15) is 0 Å². The van der Waals surface area contributed by atoms with Crippen LogP contribution in [0.5, 0.6) is 0 Å². The molecule has 1 rings (SSSR count). The van der Waals surface area contributed by atoms with Crippen LogP contribution < -0.4 is 5.32 Å². The normalized spacial score (nSPS) is 23.0. The third-order valence-corrected chi connectivity index (χ3v) is 3.10. The first kappa shape index (κ1) is 11.7.